The number of nitrogens with zero attached hydrogens (tertiary/aromatic N) is 4. The van der Waals surface area contributed by atoms with Crippen LogP contribution in [0.5, 0.6) is 5.75 Å². The summed E-state index contributed by atoms with van der Waals surface area (Å²) in [6.45, 7) is 9.53. The number of hydrogen-bond donors (Lipinski definition) is 0. The summed E-state index contributed by atoms with van der Waals surface area (Å²) in [7, 11) is 3.81. The minimum absolute atomic E-state index is 0.520. The molecule has 1 fully saturated rings. The topological polar surface area (TPSA) is 33.5 Å². The lowest BCUT2D eigenvalue weighted by Gasteiger charge is -2.39. The van der Waals surface area contributed by atoms with E-state index in [-0.39, 0.29) is 0 Å². The van der Waals surface area contributed by atoms with E-state index in [1.807, 2.05) is 12.4 Å². The van der Waals surface area contributed by atoms with Crippen molar-refractivity contribution in [1.82, 2.24) is 19.4 Å². The number of benzene rings is 1. The molecule has 0 N–H and O–H groups in total. The molecule has 130 valence electrons. The van der Waals surface area contributed by atoms with E-state index >= 15 is 0 Å². The minimum atomic E-state index is 0.520. The number of aryl methyl sites for hydroxylation is 2. The van der Waals surface area contributed by atoms with Crippen LogP contribution in [0.25, 0.3) is 0 Å². The number of imidazole rings is 1. The first-order valence-corrected chi connectivity index (χ1v) is 8.63. The van der Waals surface area contributed by atoms with Crippen LogP contribution in [0.3, 0.4) is 0 Å². The molecule has 1 saturated heterocycles. The quantitative estimate of drug-likeness (QED) is 0.844. The van der Waals surface area contributed by atoms with Gasteiger partial charge in [0.25, 0.3) is 0 Å². The van der Waals surface area contributed by atoms with Crippen LogP contribution in [0.2, 0.25) is 0 Å². The highest BCUT2D eigenvalue weighted by molar-refractivity contribution is 5.36. The molecule has 5 heteroatoms. The predicted molar refractivity (Wildman–Crippen MR) is 96.1 cm³/mol. The summed E-state index contributed by atoms with van der Waals surface area (Å²) in [5.41, 5.74) is 2.56. The van der Waals surface area contributed by atoms with E-state index < -0.39 is 0 Å². The van der Waals surface area contributed by atoms with Crippen LogP contribution in [-0.4, -0.2) is 52.1 Å². The first kappa shape index (κ1) is 17.0. The van der Waals surface area contributed by atoms with E-state index in [1.54, 1.807) is 7.11 Å². The Morgan fingerprint density at radius 2 is 2.08 bits per heavy atom. The van der Waals surface area contributed by atoms with Crippen molar-refractivity contribution in [3.05, 3.63) is 47.5 Å². The molecule has 5 nitrogen and oxygen atoms in total. The van der Waals surface area contributed by atoms with E-state index in [1.165, 1.54) is 11.1 Å². The zero-order valence-corrected chi connectivity index (χ0v) is 15.2. The van der Waals surface area contributed by atoms with Crippen LogP contribution < -0.4 is 4.74 Å². The fourth-order valence-corrected chi connectivity index (χ4v) is 3.45. The number of piperazine rings is 1. The van der Waals surface area contributed by atoms with Gasteiger partial charge >= 0.3 is 0 Å². The molecule has 2 heterocycles. The first-order valence-electron chi connectivity index (χ1n) is 8.63. The molecule has 2 aromatic rings. The third-order valence-electron chi connectivity index (χ3n) is 4.94. The zero-order valence-electron chi connectivity index (χ0n) is 15.2. The summed E-state index contributed by atoms with van der Waals surface area (Å²) in [5.74, 6) is 2.12. The molecule has 0 radical (unpaired) electrons. The van der Waals surface area contributed by atoms with Gasteiger partial charge in [0.2, 0.25) is 0 Å². The Morgan fingerprint density at radius 1 is 1.25 bits per heavy atom. The first-order chi connectivity index (χ1) is 11.6. The lowest BCUT2D eigenvalue weighted by Crippen LogP contribution is -2.51. The Labute approximate surface area is 144 Å². The Morgan fingerprint density at radius 3 is 2.75 bits per heavy atom. The second-order valence-electron chi connectivity index (χ2n) is 6.82. The monoisotopic (exact) mass is 328 g/mol. The lowest BCUT2D eigenvalue weighted by molar-refractivity contribution is 0.0703. The van der Waals surface area contributed by atoms with Gasteiger partial charge in [-0.25, -0.2) is 4.98 Å². The van der Waals surface area contributed by atoms with Crippen molar-refractivity contribution < 1.29 is 4.74 Å². The summed E-state index contributed by atoms with van der Waals surface area (Å²) in [6.07, 6.45) is 3.89. The highest BCUT2D eigenvalue weighted by atomic mass is 16.5. The highest BCUT2D eigenvalue weighted by Crippen LogP contribution is 2.23. The summed E-state index contributed by atoms with van der Waals surface area (Å²) in [5, 5.41) is 0. The number of ether oxygens (including phenoxy) is 1. The maximum Gasteiger partial charge on any atom is 0.123 e. The molecule has 3 rings (SSSR count). The minimum Gasteiger partial charge on any atom is -0.496 e. The Kier molecular flexibility index (Phi) is 5.21. The van der Waals surface area contributed by atoms with Crippen LogP contribution in [0.4, 0.5) is 0 Å². The smallest absolute Gasteiger partial charge is 0.123 e. The molecule has 0 bridgehead atoms. The summed E-state index contributed by atoms with van der Waals surface area (Å²) >= 11 is 0. The van der Waals surface area contributed by atoms with Gasteiger partial charge in [-0.1, -0.05) is 17.7 Å². The van der Waals surface area contributed by atoms with Crippen LogP contribution in [0.15, 0.2) is 30.6 Å². The van der Waals surface area contributed by atoms with Gasteiger partial charge in [-0.15, -0.1) is 0 Å². The number of aromatic nitrogens is 2. The molecular formula is C19H28N4O. The van der Waals surface area contributed by atoms with E-state index in [2.05, 4.69) is 58.4 Å². The van der Waals surface area contributed by atoms with Gasteiger partial charge in [0, 0.05) is 57.2 Å². The van der Waals surface area contributed by atoms with Crippen molar-refractivity contribution in [2.45, 2.75) is 33.0 Å². The maximum absolute atomic E-state index is 5.53. The fraction of sp³-hybridized carbons (Fsp3) is 0.526. The van der Waals surface area contributed by atoms with Gasteiger partial charge < -0.3 is 9.30 Å². The molecule has 0 saturated carbocycles. The molecule has 1 aliphatic rings. The van der Waals surface area contributed by atoms with E-state index in [9.17, 15) is 0 Å². The second-order valence-corrected chi connectivity index (χ2v) is 6.82. The highest BCUT2D eigenvalue weighted by Gasteiger charge is 2.25. The van der Waals surface area contributed by atoms with E-state index in [0.717, 1.165) is 44.3 Å². The van der Waals surface area contributed by atoms with Gasteiger partial charge in [0.15, 0.2) is 0 Å². The van der Waals surface area contributed by atoms with Crippen molar-refractivity contribution in [1.29, 1.82) is 0 Å². The zero-order chi connectivity index (χ0) is 17.1. The van der Waals surface area contributed by atoms with Gasteiger partial charge in [-0.2, -0.15) is 0 Å². The van der Waals surface area contributed by atoms with Crippen molar-refractivity contribution in [3.8, 4) is 5.75 Å². The maximum atomic E-state index is 5.53. The van der Waals surface area contributed by atoms with Gasteiger partial charge in [-0.3, -0.25) is 9.80 Å². The largest absolute Gasteiger partial charge is 0.496 e. The molecule has 0 aliphatic carbocycles. The number of hydrogen-bond acceptors (Lipinski definition) is 4. The van der Waals surface area contributed by atoms with Crippen LogP contribution >= 0.6 is 0 Å². The molecule has 1 atom stereocenters. The molecule has 0 spiro atoms. The molecule has 1 aromatic carbocycles. The Balaban J connectivity index is 1.61. The second kappa shape index (κ2) is 7.36. The molecule has 0 amide bonds. The van der Waals surface area contributed by atoms with Crippen molar-refractivity contribution in [3.63, 3.8) is 0 Å². The van der Waals surface area contributed by atoms with E-state index in [0.29, 0.717) is 6.04 Å². The Bertz CT molecular complexity index is 682. The summed E-state index contributed by atoms with van der Waals surface area (Å²) < 4.78 is 7.63. The fourth-order valence-electron chi connectivity index (χ4n) is 3.45. The molecule has 0 unspecified atom stereocenters. The van der Waals surface area contributed by atoms with Crippen molar-refractivity contribution in [2.24, 2.45) is 7.05 Å². The third kappa shape index (κ3) is 3.79. The summed E-state index contributed by atoms with van der Waals surface area (Å²) in [6, 6.07) is 6.94. The predicted octanol–water partition coefficient (Wildman–Crippen LogP) is 2.44. The average molecular weight is 328 g/mol. The standard InChI is InChI=1S/C19H28N4O/c1-15-5-6-18(24-4)17(11-15)13-22-9-10-23(16(2)12-22)14-19-20-7-8-21(19)3/h5-8,11,16H,9-10,12-14H2,1-4H3/t16-/m1/s1. The van der Waals surface area contributed by atoms with Crippen LogP contribution in [-0.2, 0) is 20.1 Å². The molecule has 24 heavy (non-hydrogen) atoms. The van der Waals surface area contributed by atoms with Crippen molar-refractivity contribution in [2.75, 3.05) is 26.7 Å². The molecular weight excluding hydrogens is 300 g/mol. The molecule has 1 aliphatic heterocycles. The average Bonchev–Trinajstić information content (AvgIpc) is 2.95. The van der Waals surface area contributed by atoms with Gasteiger partial charge in [0.05, 0.1) is 13.7 Å². The third-order valence-corrected chi connectivity index (χ3v) is 4.94. The van der Waals surface area contributed by atoms with Crippen LogP contribution in [0.1, 0.15) is 23.9 Å². The number of rotatable bonds is 5. The SMILES string of the molecule is COc1ccc(C)cc1CN1CCN(Cc2nccn2C)[C@H](C)C1. The van der Waals surface area contributed by atoms with Gasteiger partial charge in [-0.05, 0) is 19.9 Å². The normalized spacial score (nSPS) is 19.6. The molecule has 1 aromatic heterocycles. The van der Waals surface area contributed by atoms with Crippen molar-refractivity contribution >= 4 is 0 Å². The van der Waals surface area contributed by atoms with Crippen LogP contribution in [0, 0.1) is 6.92 Å². The Hall–Kier alpha value is -1.85. The van der Waals surface area contributed by atoms with Gasteiger partial charge in [0.1, 0.15) is 11.6 Å². The number of methoxy groups -OCH3 is 1. The summed E-state index contributed by atoms with van der Waals surface area (Å²) in [4.78, 5) is 9.50. The van der Waals surface area contributed by atoms with E-state index in [4.69, 9.17) is 4.74 Å². The lowest BCUT2D eigenvalue weighted by atomic mass is 10.1.